The Hall–Kier alpha value is -1.98. The maximum atomic E-state index is 13.3. The number of hydrogen-bond donors (Lipinski definition) is 0. The van der Waals surface area contributed by atoms with Gasteiger partial charge in [0.15, 0.2) is 0 Å². The molecule has 1 amide bonds. The number of rotatable bonds is 5. The summed E-state index contributed by atoms with van der Waals surface area (Å²) in [7, 11) is 1.57. The van der Waals surface area contributed by atoms with Crippen molar-refractivity contribution in [3.8, 4) is 0 Å². The molecule has 20 heavy (non-hydrogen) atoms. The Kier molecular flexibility index (Phi) is 5.19. The monoisotopic (exact) mass is 282 g/mol. The standard InChI is InChI=1S/C14H19FN2O3/c1-9(2)7-10(3)16(4)14(18)12-8-11(15)5-6-13(12)17(19)20/h5-6,8-10H,7H2,1-4H3. The second-order valence-corrected chi connectivity index (χ2v) is 5.31. The molecule has 1 aromatic carbocycles. The van der Waals surface area contributed by atoms with Crippen LogP contribution in [0.1, 0.15) is 37.6 Å². The van der Waals surface area contributed by atoms with Crippen molar-refractivity contribution >= 4 is 11.6 Å². The highest BCUT2D eigenvalue weighted by Gasteiger charge is 2.26. The molecule has 0 aromatic heterocycles. The van der Waals surface area contributed by atoms with Crippen molar-refractivity contribution in [3.63, 3.8) is 0 Å². The average molecular weight is 282 g/mol. The zero-order valence-corrected chi connectivity index (χ0v) is 12.1. The van der Waals surface area contributed by atoms with Crippen LogP contribution in [0.3, 0.4) is 0 Å². The van der Waals surface area contributed by atoms with Crippen LogP contribution in [0, 0.1) is 21.8 Å². The molecular formula is C14H19FN2O3. The van der Waals surface area contributed by atoms with E-state index in [0.29, 0.717) is 5.92 Å². The average Bonchev–Trinajstić information content (AvgIpc) is 2.35. The third-order valence-corrected chi connectivity index (χ3v) is 3.18. The van der Waals surface area contributed by atoms with Crippen molar-refractivity contribution in [1.29, 1.82) is 0 Å². The summed E-state index contributed by atoms with van der Waals surface area (Å²) in [5, 5.41) is 10.9. The van der Waals surface area contributed by atoms with Crippen LogP contribution >= 0.6 is 0 Å². The molecule has 0 N–H and O–H groups in total. The van der Waals surface area contributed by atoms with Crippen LogP contribution in [0.5, 0.6) is 0 Å². The molecule has 0 heterocycles. The molecule has 0 aliphatic carbocycles. The van der Waals surface area contributed by atoms with Crippen LogP contribution in [0.25, 0.3) is 0 Å². The van der Waals surface area contributed by atoms with Gasteiger partial charge in [0.1, 0.15) is 11.4 Å². The largest absolute Gasteiger partial charge is 0.339 e. The third-order valence-electron chi connectivity index (χ3n) is 3.18. The molecule has 0 saturated heterocycles. The van der Waals surface area contributed by atoms with Crippen molar-refractivity contribution < 1.29 is 14.1 Å². The van der Waals surface area contributed by atoms with Gasteiger partial charge in [-0.05, 0) is 31.4 Å². The zero-order valence-electron chi connectivity index (χ0n) is 12.1. The molecule has 1 atom stereocenters. The van der Waals surface area contributed by atoms with Crippen molar-refractivity contribution in [2.24, 2.45) is 5.92 Å². The summed E-state index contributed by atoms with van der Waals surface area (Å²) in [6.45, 7) is 5.92. The van der Waals surface area contributed by atoms with Crippen LogP contribution in [-0.4, -0.2) is 28.8 Å². The third kappa shape index (κ3) is 3.76. The predicted octanol–water partition coefficient (Wildman–Crippen LogP) is 3.24. The number of halogens is 1. The molecule has 5 nitrogen and oxygen atoms in total. The number of carbonyl (C=O) groups excluding carboxylic acids is 1. The fourth-order valence-corrected chi connectivity index (χ4v) is 2.07. The van der Waals surface area contributed by atoms with Gasteiger partial charge in [-0.15, -0.1) is 0 Å². The molecule has 6 heteroatoms. The quantitative estimate of drug-likeness (QED) is 0.615. The van der Waals surface area contributed by atoms with Gasteiger partial charge in [0, 0.05) is 19.2 Å². The molecule has 0 radical (unpaired) electrons. The Labute approximate surface area is 117 Å². The highest BCUT2D eigenvalue weighted by Crippen LogP contribution is 2.22. The summed E-state index contributed by atoms with van der Waals surface area (Å²) in [6.07, 6.45) is 0.769. The molecular weight excluding hydrogens is 263 g/mol. The Balaban J connectivity index is 3.07. The Morgan fingerprint density at radius 2 is 2.00 bits per heavy atom. The van der Waals surface area contributed by atoms with E-state index < -0.39 is 16.6 Å². The van der Waals surface area contributed by atoms with Crippen molar-refractivity contribution in [3.05, 3.63) is 39.7 Å². The summed E-state index contributed by atoms with van der Waals surface area (Å²) < 4.78 is 13.3. The Morgan fingerprint density at radius 3 is 2.50 bits per heavy atom. The lowest BCUT2D eigenvalue weighted by Gasteiger charge is -2.26. The Bertz CT molecular complexity index is 517. The minimum Gasteiger partial charge on any atom is -0.339 e. The van der Waals surface area contributed by atoms with E-state index in [1.54, 1.807) is 7.05 Å². The normalized spacial score (nSPS) is 12.3. The number of benzene rings is 1. The van der Waals surface area contributed by atoms with Gasteiger partial charge < -0.3 is 4.90 Å². The van der Waals surface area contributed by atoms with Crippen LogP contribution in [0.15, 0.2) is 18.2 Å². The smallest absolute Gasteiger partial charge is 0.282 e. The van der Waals surface area contributed by atoms with Gasteiger partial charge in [0.05, 0.1) is 4.92 Å². The summed E-state index contributed by atoms with van der Waals surface area (Å²) in [5.74, 6) is -0.809. The second kappa shape index (κ2) is 6.45. The number of hydrogen-bond acceptors (Lipinski definition) is 3. The highest BCUT2D eigenvalue weighted by molar-refractivity contribution is 5.98. The SMILES string of the molecule is CC(C)CC(C)N(C)C(=O)c1cc(F)ccc1[N+](=O)[O-]. The molecule has 0 aliphatic rings. The predicted molar refractivity (Wildman–Crippen MR) is 74.1 cm³/mol. The first-order valence-electron chi connectivity index (χ1n) is 6.45. The lowest BCUT2D eigenvalue weighted by atomic mass is 10.0. The maximum Gasteiger partial charge on any atom is 0.282 e. The van der Waals surface area contributed by atoms with Crippen molar-refractivity contribution in [1.82, 2.24) is 4.90 Å². The molecule has 1 aromatic rings. The number of carbonyl (C=O) groups is 1. The summed E-state index contributed by atoms with van der Waals surface area (Å²) in [6, 6.07) is 2.83. The number of nitrogens with zero attached hydrogens (tertiary/aromatic N) is 2. The second-order valence-electron chi connectivity index (χ2n) is 5.31. The van der Waals surface area contributed by atoms with Crippen LogP contribution in [-0.2, 0) is 0 Å². The number of amides is 1. The Morgan fingerprint density at radius 1 is 1.40 bits per heavy atom. The van der Waals surface area contributed by atoms with Crippen molar-refractivity contribution in [2.45, 2.75) is 33.2 Å². The number of nitro groups is 1. The minimum absolute atomic E-state index is 0.0784. The van der Waals surface area contributed by atoms with Gasteiger partial charge in [0.2, 0.25) is 0 Å². The molecule has 0 fully saturated rings. The fourth-order valence-electron chi connectivity index (χ4n) is 2.07. The summed E-state index contributed by atoms with van der Waals surface area (Å²) >= 11 is 0. The first-order chi connectivity index (χ1) is 9.23. The van der Waals surface area contributed by atoms with E-state index in [1.165, 1.54) is 4.90 Å². The van der Waals surface area contributed by atoms with Crippen molar-refractivity contribution in [2.75, 3.05) is 7.05 Å². The molecule has 0 saturated carbocycles. The van der Waals surface area contributed by atoms with E-state index in [4.69, 9.17) is 0 Å². The lowest BCUT2D eigenvalue weighted by molar-refractivity contribution is -0.385. The van der Waals surface area contributed by atoms with Gasteiger partial charge in [-0.25, -0.2) is 4.39 Å². The van der Waals surface area contributed by atoms with E-state index in [0.717, 1.165) is 24.6 Å². The van der Waals surface area contributed by atoms with Crippen LogP contribution < -0.4 is 0 Å². The summed E-state index contributed by atoms with van der Waals surface area (Å²) in [4.78, 5) is 24.0. The van der Waals surface area contributed by atoms with Gasteiger partial charge in [-0.2, -0.15) is 0 Å². The maximum absolute atomic E-state index is 13.3. The molecule has 0 bridgehead atoms. The molecule has 1 rings (SSSR count). The van der Waals surface area contributed by atoms with E-state index in [2.05, 4.69) is 0 Å². The topological polar surface area (TPSA) is 63.5 Å². The van der Waals surface area contributed by atoms with E-state index in [1.807, 2.05) is 20.8 Å². The molecule has 110 valence electrons. The van der Waals surface area contributed by atoms with Crippen LogP contribution in [0.2, 0.25) is 0 Å². The molecule has 0 spiro atoms. The van der Waals surface area contributed by atoms with Gasteiger partial charge in [-0.1, -0.05) is 13.8 Å². The molecule has 1 unspecified atom stereocenters. The fraction of sp³-hybridized carbons (Fsp3) is 0.500. The van der Waals surface area contributed by atoms with Gasteiger partial charge in [-0.3, -0.25) is 14.9 Å². The van der Waals surface area contributed by atoms with E-state index >= 15 is 0 Å². The lowest BCUT2D eigenvalue weighted by Crippen LogP contribution is -2.36. The first kappa shape index (κ1) is 16.1. The van der Waals surface area contributed by atoms with Gasteiger partial charge >= 0.3 is 0 Å². The van der Waals surface area contributed by atoms with E-state index in [9.17, 15) is 19.3 Å². The first-order valence-corrected chi connectivity index (χ1v) is 6.45. The molecule has 0 aliphatic heterocycles. The number of nitro benzene ring substituents is 1. The summed E-state index contributed by atoms with van der Waals surface area (Å²) in [5.41, 5.74) is -0.590. The highest BCUT2D eigenvalue weighted by atomic mass is 19.1. The zero-order chi connectivity index (χ0) is 15.4. The van der Waals surface area contributed by atoms with Crippen LogP contribution in [0.4, 0.5) is 10.1 Å². The van der Waals surface area contributed by atoms with Gasteiger partial charge in [0.25, 0.3) is 11.6 Å². The van der Waals surface area contributed by atoms with E-state index in [-0.39, 0.29) is 17.3 Å². The minimum atomic E-state index is -0.673.